The van der Waals surface area contributed by atoms with Crippen LogP contribution < -0.4 is 0 Å². The van der Waals surface area contributed by atoms with Gasteiger partial charge in [-0.1, -0.05) is 66.8 Å². The third-order valence-corrected chi connectivity index (χ3v) is 2.21. The molecule has 0 aliphatic heterocycles. The SMILES string of the molecule is C=C(C=CC=CC)CCc1ccccc1. The predicted molar refractivity (Wildman–Crippen MR) is 67.9 cm³/mol. The van der Waals surface area contributed by atoms with Gasteiger partial charge in [0.1, 0.15) is 0 Å². The molecule has 0 saturated carbocycles. The van der Waals surface area contributed by atoms with Crippen molar-refractivity contribution < 1.29 is 0 Å². The largest absolute Gasteiger partial charge is 0.0958 e. The lowest BCUT2D eigenvalue weighted by Crippen LogP contribution is -1.85. The van der Waals surface area contributed by atoms with Gasteiger partial charge in [-0.15, -0.1) is 0 Å². The summed E-state index contributed by atoms with van der Waals surface area (Å²) in [6, 6.07) is 10.5. The Morgan fingerprint density at radius 2 is 1.93 bits per heavy atom. The van der Waals surface area contributed by atoms with Gasteiger partial charge in [0.05, 0.1) is 0 Å². The molecule has 0 N–H and O–H groups in total. The molecule has 1 aromatic rings. The fourth-order valence-electron chi connectivity index (χ4n) is 1.34. The second-order valence-corrected chi connectivity index (χ2v) is 3.53. The first kappa shape index (κ1) is 11.5. The summed E-state index contributed by atoms with van der Waals surface area (Å²) < 4.78 is 0. The van der Waals surface area contributed by atoms with Crippen molar-refractivity contribution in [2.24, 2.45) is 0 Å². The van der Waals surface area contributed by atoms with Crippen LogP contribution in [0.15, 0.2) is 66.8 Å². The van der Waals surface area contributed by atoms with Crippen molar-refractivity contribution in [2.75, 3.05) is 0 Å². The van der Waals surface area contributed by atoms with E-state index in [9.17, 15) is 0 Å². The van der Waals surface area contributed by atoms with Crippen LogP contribution in [0.4, 0.5) is 0 Å². The molecule has 0 bridgehead atoms. The lowest BCUT2D eigenvalue weighted by atomic mass is 10.1. The highest BCUT2D eigenvalue weighted by molar-refractivity contribution is 5.22. The molecule has 0 aliphatic carbocycles. The summed E-state index contributed by atoms with van der Waals surface area (Å²) in [6.45, 7) is 6.03. The summed E-state index contributed by atoms with van der Waals surface area (Å²) in [6.07, 6.45) is 10.2. The van der Waals surface area contributed by atoms with Gasteiger partial charge in [0, 0.05) is 0 Å². The normalized spacial score (nSPS) is 11.3. The molecule has 0 unspecified atom stereocenters. The summed E-state index contributed by atoms with van der Waals surface area (Å²) in [7, 11) is 0. The average Bonchev–Trinajstić information content (AvgIpc) is 2.28. The highest BCUT2D eigenvalue weighted by Gasteiger charge is 1.92. The van der Waals surface area contributed by atoms with Crippen LogP contribution in [0.5, 0.6) is 0 Å². The molecule has 0 radical (unpaired) electrons. The van der Waals surface area contributed by atoms with Crippen LogP contribution in [0, 0.1) is 0 Å². The van der Waals surface area contributed by atoms with Crippen molar-refractivity contribution in [1.82, 2.24) is 0 Å². The van der Waals surface area contributed by atoms with E-state index in [1.54, 1.807) is 0 Å². The van der Waals surface area contributed by atoms with E-state index in [2.05, 4.69) is 36.9 Å². The molecule has 0 aliphatic rings. The Bertz CT molecular complexity index is 342. The zero-order valence-electron chi connectivity index (χ0n) is 9.32. The lowest BCUT2D eigenvalue weighted by molar-refractivity contribution is 0.969. The second-order valence-electron chi connectivity index (χ2n) is 3.53. The van der Waals surface area contributed by atoms with E-state index in [1.165, 1.54) is 11.1 Å². The maximum Gasteiger partial charge on any atom is -0.0238 e. The minimum Gasteiger partial charge on any atom is -0.0958 e. The summed E-state index contributed by atoms with van der Waals surface area (Å²) in [5.74, 6) is 0. The van der Waals surface area contributed by atoms with E-state index in [-0.39, 0.29) is 0 Å². The van der Waals surface area contributed by atoms with Gasteiger partial charge in [-0.2, -0.15) is 0 Å². The molecule has 0 heterocycles. The molecule has 0 atom stereocenters. The zero-order chi connectivity index (χ0) is 10.9. The predicted octanol–water partition coefficient (Wildman–Crippen LogP) is 4.31. The van der Waals surface area contributed by atoms with Gasteiger partial charge in [0.15, 0.2) is 0 Å². The molecule has 0 nitrogen and oxygen atoms in total. The summed E-state index contributed by atoms with van der Waals surface area (Å²) in [4.78, 5) is 0. The first-order chi connectivity index (χ1) is 7.33. The quantitative estimate of drug-likeness (QED) is 0.618. The summed E-state index contributed by atoms with van der Waals surface area (Å²) in [5.41, 5.74) is 2.55. The molecule has 0 fully saturated rings. The number of allylic oxidation sites excluding steroid dienone is 5. The van der Waals surface area contributed by atoms with Crippen molar-refractivity contribution in [2.45, 2.75) is 19.8 Å². The maximum atomic E-state index is 4.02. The Hall–Kier alpha value is -1.56. The Balaban J connectivity index is 2.35. The fourth-order valence-corrected chi connectivity index (χ4v) is 1.34. The molecule has 0 heteroatoms. The van der Waals surface area contributed by atoms with Gasteiger partial charge in [0.25, 0.3) is 0 Å². The van der Waals surface area contributed by atoms with Crippen molar-refractivity contribution in [3.8, 4) is 0 Å². The Morgan fingerprint density at radius 1 is 1.20 bits per heavy atom. The molecular formula is C15H18. The van der Waals surface area contributed by atoms with Crippen molar-refractivity contribution in [3.63, 3.8) is 0 Å². The third kappa shape index (κ3) is 5.02. The van der Waals surface area contributed by atoms with Crippen LogP contribution in [-0.2, 0) is 6.42 Å². The maximum absolute atomic E-state index is 4.02. The number of hydrogen-bond donors (Lipinski definition) is 0. The van der Waals surface area contributed by atoms with Crippen LogP contribution in [0.2, 0.25) is 0 Å². The van der Waals surface area contributed by atoms with Gasteiger partial charge in [-0.05, 0) is 25.3 Å². The molecule has 78 valence electrons. The van der Waals surface area contributed by atoms with Gasteiger partial charge in [-0.25, -0.2) is 0 Å². The van der Waals surface area contributed by atoms with Crippen molar-refractivity contribution in [1.29, 1.82) is 0 Å². The number of rotatable bonds is 5. The monoisotopic (exact) mass is 198 g/mol. The number of benzene rings is 1. The van der Waals surface area contributed by atoms with E-state index >= 15 is 0 Å². The van der Waals surface area contributed by atoms with Crippen LogP contribution >= 0.6 is 0 Å². The Labute approximate surface area is 92.6 Å². The van der Waals surface area contributed by atoms with Crippen LogP contribution in [-0.4, -0.2) is 0 Å². The van der Waals surface area contributed by atoms with Gasteiger partial charge >= 0.3 is 0 Å². The van der Waals surface area contributed by atoms with Gasteiger partial charge in [-0.3, -0.25) is 0 Å². The second kappa shape index (κ2) is 6.83. The van der Waals surface area contributed by atoms with E-state index in [1.807, 2.05) is 31.2 Å². The van der Waals surface area contributed by atoms with Gasteiger partial charge < -0.3 is 0 Å². The Kier molecular flexibility index (Phi) is 5.24. The molecular weight excluding hydrogens is 180 g/mol. The lowest BCUT2D eigenvalue weighted by Gasteiger charge is -2.00. The first-order valence-electron chi connectivity index (χ1n) is 5.34. The topological polar surface area (TPSA) is 0 Å². The molecule has 15 heavy (non-hydrogen) atoms. The number of aryl methyl sites for hydroxylation is 1. The van der Waals surface area contributed by atoms with E-state index < -0.39 is 0 Å². The van der Waals surface area contributed by atoms with Crippen molar-refractivity contribution in [3.05, 3.63) is 72.4 Å². The standard InChI is InChI=1S/C15H18/c1-3-4-6-9-14(2)12-13-15-10-7-5-8-11-15/h3-11H,2,12-13H2,1H3. The molecule has 0 aromatic heterocycles. The molecule has 0 saturated heterocycles. The van der Waals surface area contributed by atoms with Gasteiger partial charge in [0.2, 0.25) is 0 Å². The molecule has 0 spiro atoms. The smallest absolute Gasteiger partial charge is 0.0238 e. The zero-order valence-corrected chi connectivity index (χ0v) is 9.32. The van der Waals surface area contributed by atoms with Crippen LogP contribution in [0.3, 0.4) is 0 Å². The average molecular weight is 198 g/mol. The third-order valence-electron chi connectivity index (χ3n) is 2.21. The summed E-state index contributed by atoms with van der Waals surface area (Å²) >= 11 is 0. The number of hydrogen-bond acceptors (Lipinski definition) is 0. The summed E-state index contributed by atoms with van der Waals surface area (Å²) in [5, 5.41) is 0. The highest BCUT2D eigenvalue weighted by atomic mass is 14.0. The first-order valence-corrected chi connectivity index (χ1v) is 5.34. The minimum atomic E-state index is 1.03. The van der Waals surface area contributed by atoms with E-state index in [0.29, 0.717) is 0 Å². The van der Waals surface area contributed by atoms with Crippen LogP contribution in [0.25, 0.3) is 0 Å². The van der Waals surface area contributed by atoms with E-state index in [0.717, 1.165) is 12.8 Å². The molecule has 1 aromatic carbocycles. The van der Waals surface area contributed by atoms with Crippen molar-refractivity contribution >= 4 is 0 Å². The van der Waals surface area contributed by atoms with Crippen LogP contribution in [0.1, 0.15) is 18.9 Å². The minimum absolute atomic E-state index is 1.03. The fraction of sp³-hybridized carbons (Fsp3) is 0.200. The van der Waals surface area contributed by atoms with E-state index in [4.69, 9.17) is 0 Å². The molecule has 1 rings (SSSR count). The highest BCUT2D eigenvalue weighted by Crippen LogP contribution is 2.08. The Morgan fingerprint density at radius 3 is 2.60 bits per heavy atom. The molecule has 0 amide bonds.